The summed E-state index contributed by atoms with van der Waals surface area (Å²) in [6.07, 6.45) is 0. The van der Waals surface area contributed by atoms with Gasteiger partial charge in [0.15, 0.2) is 0 Å². The van der Waals surface area contributed by atoms with Gasteiger partial charge in [-0.15, -0.1) is 0 Å². The molecule has 3 rings (SSSR count). The van der Waals surface area contributed by atoms with Gasteiger partial charge in [0, 0.05) is 12.1 Å². The molecule has 0 bridgehead atoms. The second-order valence-corrected chi connectivity index (χ2v) is 6.48. The highest BCUT2D eigenvalue weighted by atomic mass is 16.5. The quantitative estimate of drug-likeness (QED) is 0.703. The average Bonchev–Trinajstić information content (AvgIpc) is 2.99. The molecule has 0 saturated carbocycles. The number of benzene rings is 2. The molecule has 0 aliphatic rings. The largest absolute Gasteiger partial charge is 0.338 e. The SMILES string of the molecule is Cc1ccc(-c2noc(CN(C)Cc3ccc(C)cc3C)n2)cc1. The van der Waals surface area contributed by atoms with Crippen LogP contribution >= 0.6 is 0 Å². The van der Waals surface area contributed by atoms with Crippen LogP contribution in [0.5, 0.6) is 0 Å². The number of aromatic nitrogens is 2. The molecule has 24 heavy (non-hydrogen) atoms. The lowest BCUT2D eigenvalue weighted by atomic mass is 10.1. The van der Waals surface area contributed by atoms with Crippen molar-refractivity contribution in [2.75, 3.05) is 7.05 Å². The van der Waals surface area contributed by atoms with Crippen molar-refractivity contribution < 1.29 is 4.52 Å². The van der Waals surface area contributed by atoms with E-state index in [1.54, 1.807) is 0 Å². The fourth-order valence-electron chi connectivity index (χ4n) is 2.74. The van der Waals surface area contributed by atoms with Crippen molar-refractivity contribution in [3.05, 3.63) is 70.6 Å². The summed E-state index contributed by atoms with van der Waals surface area (Å²) in [6.45, 7) is 7.82. The van der Waals surface area contributed by atoms with Crippen LogP contribution in [0.15, 0.2) is 47.0 Å². The minimum absolute atomic E-state index is 0.631. The maximum Gasteiger partial charge on any atom is 0.241 e. The van der Waals surface area contributed by atoms with E-state index in [1.165, 1.54) is 22.3 Å². The summed E-state index contributed by atoms with van der Waals surface area (Å²) in [4.78, 5) is 6.69. The molecule has 0 fully saturated rings. The number of rotatable bonds is 5. The fraction of sp³-hybridized carbons (Fsp3) is 0.300. The van der Waals surface area contributed by atoms with E-state index < -0.39 is 0 Å². The van der Waals surface area contributed by atoms with Crippen LogP contribution in [-0.4, -0.2) is 22.1 Å². The molecule has 0 aliphatic heterocycles. The minimum atomic E-state index is 0.631. The van der Waals surface area contributed by atoms with Crippen LogP contribution in [0.25, 0.3) is 11.4 Å². The Morgan fingerprint density at radius 2 is 1.62 bits per heavy atom. The molecule has 1 heterocycles. The smallest absolute Gasteiger partial charge is 0.241 e. The predicted octanol–water partition coefficient (Wildman–Crippen LogP) is 4.29. The molecule has 0 radical (unpaired) electrons. The molecule has 3 aromatic rings. The summed E-state index contributed by atoms with van der Waals surface area (Å²) in [7, 11) is 2.06. The average molecular weight is 321 g/mol. The Morgan fingerprint density at radius 3 is 2.33 bits per heavy atom. The van der Waals surface area contributed by atoms with Gasteiger partial charge in [0.1, 0.15) is 0 Å². The van der Waals surface area contributed by atoms with Crippen LogP contribution < -0.4 is 0 Å². The summed E-state index contributed by atoms with van der Waals surface area (Å²) in [5.41, 5.74) is 6.12. The van der Waals surface area contributed by atoms with Crippen molar-refractivity contribution in [1.82, 2.24) is 15.0 Å². The van der Waals surface area contributed by atoms with Crippen LogP contribution in [0.2, 0.25) is 0 Å². The zero-order valence-corrected chi connectivity index (χ0v) is 14.7. The maximum absolute atomic E-state index is 5.40. The van der Waals surface area contributed by atoms with E-state index >= 15 is 0 Å². The first kappa shape index (κ1) is 16.4. The van der Waals surface area contributed by atoms with Crippen molar-refractivity contribution in [1.29, 1.82) is 0 Å². The molecular formula is C20H23N3O. The van der Waals surface area contributed by atoms with E-state index in [1.807, 2.05) is 12.1 Å². The summed E-state index contributed by atoms with van der Waals surface area (Å²) >= 11 is 0. The molecule has 4 nitrogen and oxygen atoms in total. The highest BCUT2D eigenvalue weighted by Gasteiger charge is 2.11. The number of hydrogen-bond acceptors (Lipinski definition) is 4. The zero-order valence-electron chi connectivity index (χ0n) is 14.7. The summed E-state index contributed by atoms with van der Waals surface area (Å²) in [6, 6.07) is 14.7. The van der Waals surface area contributed by atoms with E-state index in [-0.39, 0.29) is 0 Å². The fourth-order valence-corrected chi connectivity index (χ4v) is 2.74. The normalized spacial score (nSPS) is 11.2. The highest BCUT2D eigenvalue weighted by Crippen LogP contribution is 2.18. The van der Waals surface area contributed by atoms with Gasteiger partial charge in [-0.05, 0) is 38.9 Å². The number of aryl methyl sites for hydroxylation is 3. The Labute approximate surface area is 143 Å². The summed E-state index contributed by atoms with van der Waals surface area (Å²) < 4.78 is 5.40. The minimum Gasteiger partial charge on any atom is -0.338 e. The summed E-state index contributed by atoms with van der Waals surface area (Å²) in [5.74, 6) is 1.28. The molecular weight excluding hydrogens is 298 g/mol. The van der Waals surface area contributed by atoms with Crippen LogP contribution in [-0.2, 0) is 13.1 Å². The Balaban J connectivity index is 1.66. The van der Waals surface area contributed by atoms with Crippen LogP contribution in [0.1, 0.15) is 28.1 Å². The second-order valence-electron chi connectivity index (χ2n) is 6.48. The lowest BCUT2D eigenvalue weighted by Crippen LogP contribution is -2.18. The van der Waals surface area contributed by atoms with Gasteiger partial charge in [0.25, 0.3) is 0 Å². The zero-order chi connectivity index (χ0) is 17.1. The van der Waals surface area contributed by atoms with E-state index in [0.717, 1.165) is 12.1 Å². The second kappa shape index (κ2) is 6.97. The van der Waals surface area contributed by atoms with Crippen LogP contribution in [0.4, 0.5) is 0 Å². The van der Waals surface area contributed by atoms with Gasteiger partial charge in [0.05, 0.1) is 6.54 Å². The molecule has 2 aromatic carbocycles. The van der Waals surface area contributed by atoms with Crippen molar-refractivity contribution >= 4 is 0 Å². The van der Waals surface area contributed by atoms with Gasteiger partial charge in [0.2, 0.25) is 11.7 Å². The number of hydrogen-bond donors (Lipinski definition) is 0. The molecule has 0 spiro atoms. The lowest BCUT2D eigenvalue weighted by Gasteiger charge is -2.16. The van der Waals surface area contributed by atoms with Crippen molar-refractivity contribution in [2.45, 2.75) is 33.9 Å². The van der Waals surface area contributed by atoms with Gasteiger partial charge in [-0.2, -0.15) is 4.98 Å². The molecule has 0 saturated heterocycles. The third kappa shape index (κ3) is 3.89. The third-order valence-electron chi connectivity index (χ3n) is 4.12. The van der Waals surface area contributed by atoms with Gasteiger partial charge >= 0.3 is 0 Å². The molecule has 0 N–H and O–H groups in total. The maximum atomic E-state index is 5.40. The standard InChI is InChI=1S/C20H23N3O/c1-14-5-8-17(9-6-14)20-21-19(24-22-20)13-23(4)12-18-10-7-15(2)11-16(18)3/h5-11H,12-13H2,1-4H3. The molecule has 0 unspecified atom stereocenters. The Bertz CT molecular complexity index is 821. The van der Waals surface area contributed by atoms with Crippen LogP contribution in [0.3, 0.4) is 0 Å². The Hall–Kier alpha value is -2.46. The first-order valence-electron chi connectivity index (χ1n) is 8.15. The first-order valence-corrected chi connectivity index (χ1v) is 8.15. The van der Waals surface area contributed by atoms with Gasteiger partial charge < -0.3 is 4.52 Å². The molecule has 0 aliphatic carbocycles. The van der Waals surface area contributed by atoms with Gasteiger partial charge in [-0.25, -0.2) is 0 Å². The Morgan fingerprint density at radius 1 is 0.917 bits per heavy atom. The van der Waals surface area contributed by atoms with Crippen molar-refractivity contribution in [2.24, 2.45) is 0 Å². The number of nitrogens with zero attached hydrogens (tertiary/aromatic N) is 3. The predicted molar refractivity (Wildman–Crippen MR) is 95.6 cm³/mol. The molecule has 1 aromatic heterocycles. The van der Waals surface area contributed by atoms with Crippen molar-refractivity contribution in [3.63, 3.8) is 0 Å². The third-order valence-corrected chi connectivity index (χ3v) is 4.12. The van der Waals surface area contributed by atoms with Gasteiger partial charge in [-0.3, -0.25) is 4.90 Å². The van der Waals surface area contributed by atoms with E-state index in [0.29, 0.717) is 18.3 Å². The van der Waals surface area contributed by atoms with Gasteiger partial charge in [-0.1, -0.05) is 58.7 Å². The molecule has 0 atom stereocenters. The van der Waals surface area contributed by atoms with Crippen molar-refractivity contribution in [3.8, 4) is 11.4 Å². The van der Waals surface area contributed by atoms with E-state index in [9.17, 15) is 0 Å². The monoisotopic (exact) mass is 321 g/mol. The van der Waals surface area contributed by atoms with E-state index in [2.05, 4.69) is 73.2 Å². The molecule has 0 amide bonds. The van der Waals surface area contributed by atoms with E-state index in [4.69, 9.17) is 4.52 Å². The topological polar surface area (TPSA) is 42.2 Å². The summed E-state index contributed by atoms with van der Waals surface area (Å²) in [5, 5.41) is 4.09. The highest BCUT2D eigenvalue weighted by molar-refractivity contribution is 5.54. The first-order chi connectivity index (χ1) is 11.5. The van der Waals surface area contributed by atoms with Crippen LogP contribution in [0, 0.1) is 20.8 Å². The molecule has 124 valence electrons. The Kier molecular flexibility index (Phi) is 4.76. The molecule has 4 heteroatoms. The lowest BCUT2D eigenvalue weighted by molar-refractivity contribution is 0.260.